The topological polar surface area (TPSA) is 186 Å². The Morgan fingerprint density at radius 3 is 2.54 bits per heavy atom. The van der Waals surface area contributed by atoms with E-state index in [1.54, 1.807) is 0 Å². The molecule has 0 aromatic rings. The van der Waals surface area contributed by atoms with Gasteiger partial charge in [0.25, 0.3) is 5.91 Å². The van der Waals surface area contributed by atoms with E-state index in [9.17, 15) is 19.2 Å². The Bertz CT molecular complexity index is 539. The zero-order valence-corrected chi connectivity index (χ0v) is 14.0. The lowest BCUT2D eigenvalue weighted by Crippen LogP contribution is -2.58. The molecule has 0 fully saturated rings. The number of carbonyl (C=O) groups is 4. The molecule has 1 heterocycles. The standard InChI is InChI=1S/C12H21N7O4.ClH/c1-19(9(21)4-6(13)2-3-8(14)20)7-5-16-12(17-10(7)22)18-11(15)23;/h6-7H,2-5,13H2,1H3,(H2,14,20)(H4,15,16,17,18,22,23);1H/t6-,7?;/m0./s1. The van der Waals surface area contributed by atoms with Crippen molar-refractivity contribution in [2.45, 2.75) is 31.3 Å². The highest BCUT2D eigenvalue weighted by Gasteiger charge is 2.31. The fourth-order valence-electron chi connectivity index (χ4n) is 1.96. The molecule has 1 rings (SSSR count). The van der Waals surface area contributed by atoms with Gasteiger partial charge in [0.1, 0.15) is 6.04 Å². The van der Waals surface area contributed by atoms with E-state index in [0.717, 1.165) is 0 Å². The summed E-state index contributed by atoms with van der Waals surface area (Å²) in [5.41, 5.74) is 15.7. The molecule has 5 amide bonds. The van der Waals surface area contributed by atoms with Crippen molar-refractivity contribution in [3.63, 3.8) is 0 Å². The predicted octanol–water partition coefficient (Wildman–Crippen LogP) is -2.63. The number of rotatable bonds is 6. The minimum Gasteiger partial charge on any atom is -0.370 e. The third-order valence-corrected chi connectivity index (χ3v) is 3.27. The highest BCUT2D eigenvalue weighted by Crippen LogP contribution is 2.07. The maximum Gasteiger partial charge on any atom is 0.318 e. The van der Waals surface area contributed by atoms with Crippen LogP contribution in [-0.2, 0) is 14.4 Å². The van der Waals surface area contributed by atoms with Gasteiger partial charge in [0, 0.05) is 25.9 Å². The zero-order chi connectivity index (χ0) is 17.6. The van der Waals surface area contributed by atoms with Gasteiger partial charge in [-0.2, -0.15) is 0 Å². The number of halogens is 1. The van der Waals surface area contributed by atoms with E-state index < -0.39 is 29.9 Å². The SMILES string of the molecule is CN(C(=O)C[C@@H](N)CCC(N)=O)C1CN=C(NC(N)=O)NC1=O.Cl. The third-order valence-electron chi connectivity index (χ3n) is 3.27. The largest absolute Gasteiger partial charge is 0.370 e. The predicted molar refractivity (Wildman–Crippen MR) is 88.0 cm³/mol. The van der Waals surface area contributed by atoms with Gasteiger partial charge in [-0.3, -0.25) is 25.0 Å². The van der Waals surface area contributed by atoms with Crippen molar-refractivity contribution in [3.8, 4) is 0 Å². The summed E-state index contributed by atoms with van der Waals surface area (Å²) in [7, 11) is 1.45. The van der Waals surface area contributed by atoms with Crippen LogP contribution in [0.5, 0.6) is 0 Å². The average molecular weight is 364 g/mol. The molecule has 0 aromatic heterocycles. The lowest BCUT2D eigenvalue weighted by molar-refractivity contribution is -0.138. The van der Waals surface area contributed by atoms with Gasteiger partial charge in [0.05, 0.1) is 6.54 Å². The molecule has 8 N–H and O–H groups in total. The highest BCUT2D eigenvalue weighted by atomic mass is 35.5. The van der Waals surface area contributed by atoms with Crippen LogP contribution >= 0.6 is 12.4 Å². The van der Waals surface area contributed by atoms with Crippen molar-refractivity contribution in [1.82, 2.24) is 15.5 Å². The summed E-state index contributed by atoms with van der Waals surface area (Å²) < 4.78 is 0. The van der Waals surface area contributed by atoms with Crippen LogP contribution < -0.4 is 27.8 Å². The lowest BCUT2D eigenvalue weighted by Gasteiger charge is -2.30. The van der Waals surface area contributed by atoms with E-state index in [1.807, 2.05) is 0 Å². The van der Waals surface area contributed by atoms with Crippen molar-refractivity contribution in [3.05, 3.63) is 0 Å². The number of primary amides is 2. The number of guanidine groups is 1. The molecule has 0 saturated heterocycles. The van der Waals surface area contributed by atoms with E-state index in [4.69, 9.17) is 17.2 Å². The van der Waals surface area contributed by atoms with E-state index in [0.29, 0.717) is 0 Å². The molecule has 11 nitrogen and oxygen atoms in total. The van der Waals surface area contributed by atoms with Gasteiger partial charge in [-0.05, 0) is 6.42 Å². The number of likely N-dealkylation sites (N-methyl/N-ethyl adjacent to an activating group) is 1. The van der Waals surface area contributed by atoms with Gasteiger partial charge in [-0.1, -0.05) is 0 Å². The van der Waals surface area contributed by atoms with E-state index >= 15 is 0 Å². The number of aliphatic imine (C=N–C) groups is 1. The smallest absolute Gasteiger partial charge is 0.318 e. The van der Waals surface area contributed by atoms with Crippen LogP contribution in [0, 0.1) is 0 Å². The molecule has 136 valence electrons. The zero-order valence-electron chi connectivity index (χ0n) is 13.2. The maximum atomic E-state index is 12.1. The Hall–Kier alpha value is -2.40. The Labute approximate surface area is 144 Å². The Morgan fingerprint density at radius 1 is 1.42 bits per heavy atom. The molecular weight excluding hydrogens is 342 g/mol. The second kappa shape index (κ2) is 9.67. The summed E-state index contributed by atoms with van der Waals surface area (Å²) in [5.74, 6) is -1.40. The first-order chi connectivity index (χ1) is 10.7. The second-order valence-corrected chi connectivity index (χ2v) is 5.16. The first kappa shape index (κ1) is 21.6. The summed E-state index contributed by atoms with van der Waals surface area (Å²) in [5, 5.41) is 4.49. The van der Waals surface area contributed by atoms with Crippen molar-refractivity contribution >= 4 is 42.1 Å². The van der Waals surface area contributed by atoms with Crippen molar-refractivity contribution < 1.29 is 19.2 Å². The summed E-state index contributed by atoms with van der Waals surface area (Å²) >= 11 is 0. The minimum absolute atomic E-state index is 0. The van der Waals surface area contributed by atoms with E-state index in [1.165, 1.54) is 11.9 Å². The number of nitrogens with one attached hydrogen (secondary N) is 2. The first-order valence-electron chi connectivity index (χ1n) is 6.92. The van der Waals surface area contributed by atoms with Crippen molar-refractivity contribution in [1.29, 1.82) is 0 Å². The third kappa shape index (κ3) is 6.79. The maximum absolute atomic E-state index is 12.1. The lowest BCUT2D eigenvalue weighted by atomic mass is 10.1. The fraction of sp³-hybridized carbons (Fsp3) is 0.583. The van der Waals surface area contributed by atoms with Gasteiger partial charge in [-0.15, -0.1) is 12.4 Å². The van der Waals surface area contributed by atoms with Gasteiger partial charge in [0.2, 0.25) is 17.8 Å². The minimum atomic E-state index is -0.854. The summed E-state index contributed by atoms with van der Waals surface area (Å²) in [6.07, 6.45) is 0.356. The highest BCUT2D eigenvalue weighted by molar-refractivity contribution is 6.07. The summed E-state index contributed by atoms with van der Waals surface area (Å²) in [6, 6.07) is -2.20. The van der Waals surface area contributed by atoms with Gasteiger partial charge in [0.15, 0.2) is 0 Å². The van der Waals surface area contributed by atoms with Crippen molar-refractivity contribution in [2.24, 2.45) is 22.2 Å². The molecule has 12 heteroatoms. The second-order valence-electron chi connectivity index (χ2n) is 5.16. The van der Waals surface area contributed by atoms with E-state index in [2.05, 4.69) is 15.6 Å². The van der Waals surface area contributed by atoms with Crippen LogP contribution in [0.4, 0.5) is 4.79 Å². The van der Waals surface area contributed by atoms with Crippen LogP contribution in [-0.4, -0.2) is 60.3 Å². The summed E-state index contributed by atoms with van der Waals surface area (Å²) in [4.78, 5) is 50.6. The van der Waals surface area contributed by atoms with E-state index in [-0.39, 0.29) is 50.1 Å². The molecule has 0 saturated carbocycles. The van der Waals surface area contributed by atoms with Crippen LogP contribution in [0.25, 0.3) is 0 Å². The molecule has 2 atom stereocenters. The molecule has 1 unspecified atom stereocenters. The number of carbonyl (C=O) groups excluding carboxylic acids is 4. The molecule has 1 aliphatic rings. The van der Waals surface area contributed by atoms with Crippen LogP contribution in [0.1, 0.15) is 19.3 Å². The molecule has 0 spiro atoms. The Balaban J connectivity index is 0.00000529. The number of hydrogen-bond acceptors (Lipinski definition) is 6. The van der Waals surface area contributed by atoms with Crippen LogP contribution in [0.15, 0.2) is 4.99 Å². The van der Waals surface area contributed by atoms with Crippen LogP contribution in [0.3, 0.4) is 0 Å². The van der Waals surface area contributed by atoms with Gasteiger partial charge < -0.3 is 22.1 Å². The molecule has 24 heavy (non-hydrogen) atoms. The van der Waals surface area contributed by atoms with Gasteiger partial charge >= 0.3 is 6.03 Å². The quantitative estimate of drug-likeness (QED) is 0.345. The molecule has 0 aromatic carbocycles. The number of nitrogens with two attached hydrogens (primary N) is 3. The van der Waals surface area contributed by atoms with Gasteiger partial charge in [-0.25, -0.2) is 9.79 Å². The normalized spacial score (nSPS) is 17.7. The molecular formula is C12H22ClN7O4. The number of hydrogen-bond donors (Lipinski definition) is 5. The molecule has 0 radical (unpaired) electrons. The first-order valence-corrected chi connectivity index (χ1v) is 6.92. The number of nitrogens with zero attached hydrogens (tertiary/aromatic N) is 2. The number of amides is 5. The Kier molecular flexibility index (Phi) is 8.71. The molecule has 1 aliphatic heterocycles. The fourth-order valence-corrected chi connectivity index (χ4v) is 1.96. The number of urea groups is 1. The Morgan fingerprint density at radius 2 is 2.04 bits per heavy atom. The molecule has 0 aliphatic carbocycles. The summed E-state index contributed by atoms with van der Waals surface area (Å²) in [6.45, 7) is -0.0137. The average Bonchev–Trinajstić information content (AvgIpc) is 2.43. The molecule has 0 bridgehead atoms. The van der Waals surface area contributed by atoms with Crippen molar-refractivity contribution in [2.75, 3.05) is 13.6 Å². The monoisotopic (exact) mass is 363 g/mol. The van der Waals surface area contributed by atoms with Crippen LogP contribution in [0.2, 0.25) is 0 Å².